The van der Waals surface area contributed by atoms with Crippen molar-refractivity contribution in [3.63, 3.8) is 0 Å². The zero-order valence-electron chi connectivity index (χ0n) is 11.3. The summed E-state index contributed by atoms with van der Waals surface area (Å²) in [5.74, 6) is 0. The molecule has 1 saturated carbocycles. The maximum atomic E-state index is 9.29. The third kappa shape index (κ3) is 3.45. The zero-order chi connectivity index (χ0) is 12.8. The van der Waals surface area contributed by atoms with Crippen molar-refractivity contribution < 1.29 is 5.11 Å². The quantitative estimate of drug-likeness (QED) is 0.841. The van der Waals surface area contributed by atoms with Gasteiger partial charge in [-0.05, 0) is 43.7 Å². The number of aliphatic hydroxyl groups is 1. The van der Waals surface area contributed by atoms with Crippen LogP contribution in [0.3, 0.4) is 0 Å². The first kappa shape index (κ1) is 13.3. The Kier molecular flexibility index (Phi) is 4.59. The highest BCUT2D eigenvalue weighted by Crippen LogP contribution is 2.39. The Hall–Kier alpha value is -1.09. The monoisotopic (exact) mass is 248 g/mol. The van der Waals surface area contributed by atoms with Crippen molar-refractivity contribution in [2.24, 2.45) is 5.41 Å². The third-order valence-corrected chi connectivity index (χ3v) is 4.12. The summed E-state index contributed by atoms with van der Waals surface area (Å²) in [7, 11) is 0. The van der Waals surface area contributed by atoms with Crippen LogP contribution in [0.5, 0.6) is 0 Å². The predicted molar refractivity (Wildman–Crippen MR) is 74.7 cm³/mol. The number of pyridine rings is 1. The van der Waals surface area contributed by atoms with Crippen LogP contribution in [0.4, 0.5) is 5.69 Å². The standard InChI is InChI=1S/C15H24N2O/c1-13-11-14(5-9-16-13)17-12-15(8-10-18)6-3-2-4-7-15/h5,9,11,18H,2-4,6-8,10,12H2,1H3,(H,16,17). The molecular weight excluding hydrogens is 224 g/mol. The first-order valence-electron chi connectivity index (χ1n) is 7.02. The van der Waals surface area contributed by atoms with Gasteiger partial charge in [-0.3, -0.25) is 4.98 Å². The normalized spacial score (nSPS) is 18.6. The topological polar surface area (TPSA) is 45.1 Å². The van der Waals surface area contributed by atoms with E-state index >= 15 is 0 Å². The fourth-order valence-electron chi connectivity index (χ4n) is 3.00. The smallest absolute Gasteiger partial charge is 0.0436 e. The molecule has 3 heteroatoms. The summed E-state index contributed by atoms with van der Waals surface area (Å²) in [6.07, 6.45) is 9.20. The summed E-state index contributed by atoms with van der Waals surface area (Å²) in [5.41, 5.74) is 2.48. The van der Waals surface area contributed by atoms with E-state index in [-0.39, 0.29) is 0 Å². The van der Waals surface area contributed by atoms with Crippen molar-refractivity contribution in [3.05, 3.63) is 24.0 Å². The summed E-state index contributed by atoms with van der Waals surface area (Å²) >= 11 is 0. The van der Waals surface area contributed by atoms with Crippen molar-refractivity contribution >= 4 is 5.69 Å². The molecule has 100 valence electrons. The summed E-state index contributed by atoms with van der Waals surface area (Å²) < 4.78 is 0. The highest BCUT2D eigenvalue weighted by molar-refractivity contribution is 5.43. The summed E-state index contributed by atoms with van der Waals surface area (Å²) in [6.45, 7) is 3.28. The number of aromatic nitrogens is 1. The van der Waals surface area contributed by atoms with Gasteiger partial charge in [-0.15, -0.1) is 0 Å². The van der Waals surface area contributed by atoms with Gasteiger partial charge in [0.1, 0.15) is 0 Å². The lowest BCUT2D eigenvalue weighted by Gasteiger charge is -2.37. The zero-order valence-corrected chi connectivity index (χ0v) is 11.3. The molecule has 1 aromatic rings. The Morgan fingerprint density at radius 3 is 2.78 bits per heavy atom. The van der Waals surface area contributed by atoms with E-state index in [2.05, 4.69) is 16.4 Å². The van der Waals surface area contributed by atoms with Crippen LogP contribution >= 0.6 is 0 Å². The van der Waals surface area contributed by atoms with Gasteiger partial charge in [0, 0.05) is 30.7 Å². The lowest BCUT2D eigenvalue weighted by atomic mass is 9.72. The Morgan fingerprint density at radius 2 is 2.11 bits per heavy atom. The van der Waals surface area contributed by atoms with Gasteiger partial charge in [-0.25, -0.2) is 0 Å². The molecule has 2 N–H and O–H groups in total. The van der Waals surface area contributed by atoms with Gasteiger partial charge in [0.25, 0.3) is 0 Å². The van der Waals surface area contributed by atoms with Crippen LogP contribution in [0.15, 0.2) is 18.3 Å². The van der Waals surface area contributed by atoms with Crippen molar-refractivity contribution in [1.29, 1.82) is 0 Å². The summed E-state index contributed by atoms with van der Waals surface area (Å²) in [4.78, 5) is 4.21. The maximum absolute atomic E-state index is 9.29. The minimum Gasteiger partial charge on any atom is -0.396 e. The van der Waals surface area contributed by atoms with Crippen molar-refractivity contribution in [2.75, 3.05) is 18.5 Å². The van der Waals surface area contributed by atoms with E-state index in [1.807, 2.05) is 19.2 Å². The molecule has 18 heavy (non-hydrogen) atoms. The van der Waals surface area contributed by atoms with Crippen LogP contribution in [0.25, 0.3) is 0 Å². The highest BCUT2D eigenvalue weighted by Gasteiger charge is 2.31. The van der Waals surface area contributed by atoms with Crippen LogP contribution in [-0.4, -0.2) is 23.2 Å². The van der Waals surface area contributed by atoms with Crippen LogP contribution < -0.4 is 5.32 Å². The molecule has 0 radical (unpaired) electrons. The van der Waals surface area contributed by atoms with Crippen LogP contribution in [0.2, 0.25) is 0 Å². The average molecular weight is 248 g/mol. The number of nitrogens with one attached hydrogen (secondary N) is 1. The van der Waals surface area contributed by atoms with Gasteiger partial charge >= 0.3 is 0 Å². The Balaban J connectivity index is 1.96. The highest BCUT2D eigenvalue weighted by atomic mass is 16.3. The van der Waals surface area contributed by atoms with E-state index in [0.29, 0.717) is 12.0 Å². The van der Waals surface area contributed by atoms with E-state index in [1.54, 1.807) is 0 Å². The Bertz CT molecular complexity index is 367. The minimum absolute atomic E-state index is 0.296. The summed E-state index contributed by atoms with van der Waals surface area (Å²) in [6, 6.07) is 4.10. The number of nitrogens with zero attached hydrogens (tertiary/aromatic N) is 1. The Morgan fingerprint density at radius 1 is 1.33 bits per heavy atom. The number of aliphatic hydroxyl groups excluding tert-OH is 1. The number of aryl methyl sites for hydroxylation is 1. The maximum Gasteiger partial charge on any atom is 0.0436 e. The van der Waals surface area contributed by atoms with Crippen LogP contribution in [0, 0.1) is 12.3 Å². The lowest BCUT2D eigenvalue weighted by Crippen LogP contribution is -2.33. The molecule has 0 aliphatic heterocycles. The number of hydrogen-bond acceptors (Lipinski definition) is 3. The van der Waals surface area contributed by atoms with Crippen LogP contribution in [-0.2, 0) is 0 Å². The molecule has 0 bridgehead atoms. The van der Waals surface area contributed by atoms with E-state index in [4.69, 9.17) is 0 Å². The van der Waals surface area contributed by atoms with Crippen LogP contribution in [0.1, 0.15) is 44.2 Å². The van der Waals surface area contributed by atoms with Crippen molar-refractivity contribution in [1.82, 2.24) is 4.98 Å². The van der Waals surface area contributed by atoms with Gasteiger partial charge in [0.15, 0.2) is 0 Å². The molecular formula is C15H24N2O. The van der Waals surface area contributed by atoms with Gasteiger partial charge in [-0.2, -0.15) is 0 Å². The largest absolute Gasteiger partial charge is 0.396 e. The van der Waals surface area contributed by atoms with Crippen molar-refractivity contribution in [3.8, 4) is 0 Å². The molecule has 0 spiro atoms. The minimum atomic E-state index is 0.296. The van der Waals surface area contributed by atoms with Gasteiger partial charge in [-0.1, -0.05) is 19.3 Å². The first-order chi connectivity index (χ1) is 8.74. The first-order valence-corrected chi connectivity index (χ1v) is 7.02. The second-order valence-corrected chi connectivity index (χ2v) is 5.57. The van der Waals surface area contributed by atoms with E-state index < -0.39 is 0 Å². The van der Waals surface area contributed by atoms with E-state index in [1.165, 1.54) is 32.1 Å². The van der Waals surface area contributed by atoms with E-state index in [0.717, 1.165) is 24.3 Å². The van der Waals surface area contributed by atoms with Gasteiger partial charge in [0.05, 0.1) is 0 Å². The molecule has 0 saturated heterocycles. The number of rotatable bonds is 5. The van der Waals surface area contributed by atoms with Crippen molar-refractivity contribution in [2.45, 2.75) is 45.4 Å². The van der Waals surface area contributed by atoms with Gasteiger partial charge in [0.2, 0.25) is 0 Å². The Labute approximate surface area is 110 Å². The fraction of sp³-hybridized carbons (Fsp3) is 0.667. The number of anilines is 1. The molecule has 0 amide bonds. The molecule has 1 fully saturated rings. The number of hydrogen-bond donors (Lipinski definition) is 2. The molecule has 2 rings (SSSR count). The SMILES string of the molecule is Cc1cc(NCC2(CCO)CCCCC2)ccn1. The second-order valence-electron chi connectivity index (χ2n) is 5.57. The molecule has 0 unspecified atom stereocenters. The molecule has 1 aliphatic rings. The molecule has 1 aliphatic carbocycles. The molecule has 0 aromatic carbocycles. The van der Waals surface area contributed by atoms with E-state index in [9.17, 15) is 5.11 Å². The molecule has 1 aromatic heterocycles. The summed E-state index contributed by atoms with van der Waals surface area (Å²) in [5, 5.41) is 12.8. The second kappa shape index (κ2) is 6.19. The fourth-order valence-corrected chi connectivity index (χ4v) is 3.00. The lowest BCUT2D eigenvalue weighted by molar-refractivity contribution is 0.141. The average Bonchev–Trinajstić information content (AvgIpc) is 2.38. The molecule has 0 atom stereocenters. The van der Waals surface area contributed by atoms with Gasteiger partial charge < -0.3 is 10.4 Å². The predicted octanol–water partition coefficient (Wildman–Crippen LogP) is 3.13. The third-order valence-electron chi connectivity index (χ3n) is 4.12. The molecule has 3 nitrogen and oxygen atoms in total. The molecule has 1 heterocycles.